The smallest absolute Gasteiger partial charge is 0.231 e. The van der Waals surface area contributed by atoms with Crippen LogP contribution in [0.1, 0.15) is 24.9 Å². The Balaban J connectivity index is 1.83. The molecule has 2 amide bonds. The van der Waals surface area contributed by atoms with Crippen LogP contribution in [0.4, 0.5) is 5.13 Å². The number of amides is 2. The highest BCUT2D eigenvalue weighted by atomic mass is 32.2. The van der Waals surface area contributed by atoms with Crippen LogP contribution in [-0.2, 0) is 19.4 Å². The first-order valence-corrected chi connectivity index (χ1v) is 13.0. The molecule has 0 fully saturated rings. The highest BCUT2D eigenvalue weighted by molar-refractivity contribution is 7.90. The van der Waals surface area contributed by atoms with Gasteiger partial charge < -0.3 is 5.32 Å². The number of sulfone groups is 1. The largest absolute Gasteiger partial charge is 0.349 e. The summed E-state index contributed by atoms with van der Waals surface area (Å²) in [6, 6.07) is 15.3. The van der Waals surface area contributed by atoms with Gasteiger partial charge in [-0.05, 0) is 17.7 Å². The Labute approximate surface area is 197 Å². The van der Waals surface area contributed by atoms with Crippen molar-refractivity contribution in [3.63, 3.8) is 0 Å². The Morgan fingerprint density at radius 1 is 1.15 bits per heavy atom. The topological polar surface area (TPSA) is 96.4 Å². The summed E-state index contributed by atoms with van der Waals surface area (Å²) in [5, 5.41) is 5.16. The molecule has 33 heavy (non-hydrogen) atoms. The van der Waals surface area contributed by atoms with Gasteiger partial charge in [0.1, 0.15) is 0 Å². The number of hydrogen-bond acceptors (Lipinski definition) is 6. The summed E-state index contributed by atoms with van der Waals surface area (Å²) < 4.78 is 23.4. The molecule has 3 rings (SSSR count). The number of nitrogens with zero attached hydrogens (tertiary/aromatic N) is 2. The number of anilines is 1. The lowest BCUT2D eigenvalue weighted by Crippen LogP contribution is -2.36. The first kappa shape index (κ1) is 24.3. The Morgan fingerprint density at radius 3 is 2.39 bits per heavy atom. The maximum absolute atomic E-state index is 13.2. The lowest BCUT2D eigenvalue weighted by atomic mass is 10.0. The van der Waals surface area contributed by atoms with Gasteiger partial charge in [-0.25, -0.2) is 13.4 Å². The quantitative estimate of drug-likeness (QED) is 0.464. The van der Waals surface area contributed by atoms with Gasteiger partial charge in [0, 0.05) is 30.7 Å². The normalized spacial score (nSPS) is 12.1. The second-order valence-electron chi connectivity index (χ2n) is 7.47. The van der Waals surface area contributed by atoms with Crippen LogP contribution >= 0.6 is 11.3 Å². The number of hydrogen-bond donors (Lipinski definition) is 1. The second-order valence-corrected chi connectivity index (χ2v) is 10.3. The molecule has 0 bridgehead atoms. The molecule has 2 aromatic carbocycles. The van der Waals surface area contributed by atoms with Gasteiger partial charge in [-0.2, -0.15) is 0 Å². The van der Waals surface area contributed by atoms with E-state index in [1.54, 1.807) is 18.2 Å². The van der Waals surface area contributed by atoms with Crippen molar-refractivity contribution in [3.8, 4) is 11.3 Å². The minimum atomic E-state index is -3.28. The lowest BCUT2D eigenvalue weighted by Gasteiger charge is -2.23. The van der Waals surface area contributed by atoms with E-state index in [9.17, 15) is 18.0 Å². The molecule has 0 saturated heterocycles. The second kappa shape index (κ2) is 10.5. The van der Waals surface area contributed by atoms with E-state index in [2.05, 4.69) is 16.9 Å². The van der Waals surface area contributed by atoms with Crippen LogP contribution in [0.3, 0.4) is 0 Å². The summed E-state index contributed by atoms with van der Waals surface area (Å²) in [6.07, 6.45) is 2.84. The molecular formula is C24H25N3O4S2. The van der Waals surface area contributed by atoms with Crippen molar-refractivity contribution in [3.05, 3.63) is 78.2 Å². The van der Waals surface area contributed by atoms with Gasteiger partial charge in [-0.3, -0.25) is 14.5 Å². The number of aromatic nitrogens is 1. The van der Waals surface area contributed by atoms with Crippen molar-refractivity contribution in [2.45, 2.75) is 24.3 Å². The van der Waals surface area contributed by atoms with Crippen LogP contribution < -0.4 is 10.2 Å². The summed E-state index contributed by atoms with van der Waals surface area (Å²) in [4.78, 5) is 31.3. The number of carbonyl (C=O) groups is 2. The molecule has 0 aliphatic carbocycles. The number of thiazole rings is 1. The van der Waals surface area contributed by atoms with E-state index in [0.29, 0.717) is 10.8 Å². The fourth-order valence-corrected chi connectivity index (χ4v) is 4.77. The van der Waals surface area contributed by atoms with Crippen molar-refractivity contribution < 1.29 is 18.0 Å². The van der Waals surface area contributed by atoms with Crippen molar-refractivity contribution in [2.24, 2.45) is 0 Å². The summed E-state index contributed by atoms with van der Waals surface area (Å²) in [7, 11) is -3.28. The average molecular weight is 484 g/mol. The maximum atomic E-state index is 13.2. The fourth-order valence-electron chi connectivity index (χ4n) is 3.28. The van der Waals surface area contributed by atoms with Crippen LogP contribution in [0.2, 0.25) is 0 Å². The zero-order valence-corrected chi connectivity index (χ0v) is 20.0. The van der Waals surface area contributed by atoms with E-state index in [4.69, 9.17) is 0 Å². The summed E-state index contributed by atoms with van der Waals surface area (Å²) >= 11 is 1.31. The molecule has 0 radical (unpaired) electrons. The molecule has 9 heteroatoms. The summed E-state index contributed by atoms with van der Waals surface area (Å²) in [5.74, 6) is -0.424. The molecule has 3 aromatic rings. The van der Waals surface area contributed by atoms with Crippen LogP contribution in [0.15, 0.2) is 77.5 Å². The minimum Gasteiger partial charge on any atom is -0.349 e. The summed E-state index contributed by atoms with van der Waals surface area (Å²) in [6.45, 7) is 5.43. The highest BCUT2D eigenvalue weighted by Gasteiger charge is 2.24. The molecule has 0 unspecified atom stereocenters. The number of nitrogens with one attached hydrogen (secondary N) is 1. The monoisotopic (exact) mass is 483 g/mol. The Hall–Kier alpha value is -3.30. The Morgan fingerprint density at radius 2 is 1.82 bits per heavy atom. The SMILES string of the molecule is C=CCN(C(=O)C[C@H](NC(C)=O)c1ccccc1)c1nc(-c2ccc(S(C)(=O)=O)cc2)cs1. The molecule has 7 nitrogen and oxygen atoms in total. The van der Waals surface area contributed by atoms with E-state index in [1.807, 2.05) is 35.7 Å². The minimum absolute atomic E-state index is 0.0649. The Bertz CT molecular complexity index is 1240. The van der Waals surface area contributed by atoms with Crippen molar-refractivity contribution in [1.29, 1.82) is 0 Å². The van der Waals surface area contributed by atoms with E-state index >= 15 is 0 Å². The van der Waals surface area contributed by atoms with Crippen LogP contribution in [0.25, 0.3) is 11.3 Å². The molecule has 1 aromatic heterocycles. The standard InChI is InChI=1S/C24H25N3O4S2/c1-4-14-27(23(29)15-21(25-17(2)28)18-8-6-5-7-9-18)24-26-22(16-32-24)19-10-12-20(13-11-19)33(3,30)31/h4-13,16,21H,1,14-15H2,2-3H3,(H,25,28)/t21-/m0/s1. The molecular weight excluding hydrogens is 458 g/mol. The summed E-state index contributed by atoms with van der Waals surface area (Å²) in [5.41, 5.74) is 2.22. The molecule has 1 N–H and O–H groups in total. The molecule has 1 atom stereocenters. The van der Waals surface area contributed by atoms with Crippen molar-refractivity contribution >= 4 is 38.1 Å². The van der Waals surface area contributed by atoms with Gasteiger partial charge >= 0.3 is 0 Å². The van der Waals surface area contributed by atoms with Crippen molar-refractivity contribution in [2.75, 3.05) is 17.7 Å². The van der Waals surface area contributed by atoms with E-state index in [1.165, 1.54) is 35.3 Å². The number of benzene rings is 2. The molecule has 172 valence electrons. The fraction of sp³-hybridized carbons (Fsp3) is 0.208. The van der Waals surface area contributed by atoms with Crippen LogP contribution in [-0.4, -0.2) is 38.0 Å². The van der Waals surface area contributed by atoms with E-state index < -0.39 is 15.9 Å². The van der Waals surface area contributed by atoms with Gasteiger partial charge in [-0.1, -0.05) is 48.5 Å². The van der Waals surface area contributed by atoms with Crippen LogP contribution in [0, 0.1) is 0 Å². The molecule has 0 spiro atoms. The van der Waals surface area contributed by atoms with Gasteiger partial charge in [-0.15, -0.1) is 17.9 Å². The number of carbonyl (C=O) groups excluding carboxylic acids is 2. The van der Waals surface area contributed by atoms with Gasteiger partial charge in [0.25, 0.3) is 0 Å². The molecule has 1 heterocycles. The van der Waals surface area contributed by atoms with E-state index in [-0.39, 0.29) is 29.7 Å². The first-order valence-electron chi connectivity index (χ1n) is 10.2. The third-order valence-corrected chi connectivity index (χ3v) is 6.86. The van der Waals surface area contributed by atoms with Gasteiger partial charge in [0.15, 0.2) is 15.0 Å². The number of rotatable bonds is 9. The third-order valence-electron chi connectivity index (χ3n) is 4.87. The predicted molar refractivity (Wildman–Crippen MR) is 131 cm³/mol. The predicted octanol–water partition coefficient (Wildman–Crippen LogP) is 4.00. The van der Waals surface area contributed by atoms with Crippen LogP contribution in [0.5, 0.6) is 0 Å². The molecule has 0 aliphatic heterocycles. The van der Waals surface area contributed by atoms with Gasteiger partial charge in [0.05, 0.1) is 23.1 Å². The lowest BCUT2D eigenvalue weighted by molar-refractivity contribution is -0.121. The Kier molecular flexibility index (Phi) is 7.78. The maximum Gasteiger partial charge on any atom is 0.231 e. The average Bonchev–Trinajstić information content (AvgIpc) is 3.26. The first-order chi connectivity index (χ1) is 15.7. The molecule has 0 saturated carbocycles. The van der Waals surface area contributed by atoms with Gasteiger partial charge in [0.2, 0.25) is 11.8 Å². The third kappa shape index (κ3) is 6.36. The molecule has 0 aliphatic rings. The zero-order chi connectivity index (χ0) is 24.0. The zero-order valence-electron chi connectivity index (χ0n) is 18.4. The van der Waals surface area contributed by atoms with E-state index in [0.717, 1.165) is 17.4 Å². The van der Waals surface area contributed by atoms with Crippen molar-refractivity contribution in [1.82, 2.24) is 10.3 Å². The highest BCUT2D eigenvalue weighted by Crippen LogP contribution is 2.29.